The van der Waals surface area contributed by atoms with Gasteiger partial charge in [-0.25, -0.2) is 13.1 Å². The minimum absolute atomic E-state index is 0.0923. The Kier molecular flexibility index (Phi) is 5.80. The first-order valence-electron chi connectivity index (χ1n) is 7.01. The molecule has 1 atom stereocenters. The van der Waals surface area contributed by atoms with E-state index in [2.05, 4.69) is 20.7 Å². The van der Waals surface area contributed by atoms with E-state index < -0.39 is 16.1 Å². The largest absolute Gasteiger partial charge is 0.387 e. The third-order valence-electron chi connectivity index (χ3n) is 3.39. The van der Waals surface area contributed by atoms with Crippen molar-refractivity contribution in [2.45, 2.75) is 11.0 Å². The summed E-state index contributed by atoms with van der Waals surface area (Å²) < 4.78 is 27.5. The summed E-state index contributed by atoms with van der Waals surface area (Å²) in [4.78, 5) is 2.10. The van der Waals surface area contributed by atoms with Gasteiger partial charge in [-0.2, -0.15) is 0 Å². The Bertz CT molecular complexity index is 761. The third kappa shape index (κ3) is 4.54. The van der Waals surface area contributed by atoms with Gasteiger partial charge >= 0.3 is 0 Å². The average molecular weight is 399 g/mol. The fourth-order valence-corrected chi connectivity index (χ4v) is 4.08. The Morgan fingerprint density at radius 1 is 1.13 bits per heavy atom. The number of aliphatic hydroxyl groups excluding tert-OH is 1. The second kappa shape index (κ2) is 7.44. The minimum Gasteiger partial charge on any atom is -0.387 e. The van der Waals surface area contributed by atoms with Crippen molar-refractivity contribution in [3.63, 3.8) is 0 Å². The Labute approximate surface area is 145 Å². The van der Waals surface area contributed by atoms with Gasteiger partial charge in [0.05, 0.1) is 11.0 Å². The van der Waals surface area contributed by atoms with Gasteiger partial charge in [0.15, 0.2) is 0 Å². The Balaban J connectivity index is 2.06. The molecule has 2 rings (SSSR count). The molecule has 0 aliphatic heterocycles. The van der Waals surface area contributed by atoms with Gasteiger partial charge in [-0.3, -0.25) is 0 Å². The molecule has 0 amide bonds. The zero-order valence-corrected chi connectivity index (χ0v) is 15.3. The first-order chi connectivity index (χ1) is 10.8. The molecule has 2 aromatic carbocycles. The summed E-state index contributed by atoms with van der Waals surface area (Å²) in [5.74, 6) is 0. The summed E-state index contributed by atoms with van der Waals surface area (Å²) in [6.45, 7) is -0.0923. The second-order valence-corrected chi connectivity index (χ2v) is 7.87. The third-order valence-corrected chi connectivity index (χ3v) is 5.82. The molecule has 0 spiro atoms. The fraction of sp³-hybridized carbons (Fsp3) is 0.250. The number of nitrogens with zero attached hydrogens (tertiary/aromatic N) is 1. The maximum absolute atomic E-state index is 12.3. The van der Waals surface area contributed by atoms with Crippen LogP contribution < -0.4 is 9.62 Å². The Morgan fingerprint density at radius 2 is 1.74 bits per heavy atom. The lowest BCUT2D eigenvalue weighted by Gasteiger charge is -2.16. The predicted octanol–water partition coefficient (Wildman–Crippen LogP) is 2.53. The molecule has 0 fully saturated rings. The quantitative estimate of drug-likeness (QED) is 0.784. The summed E-state index contributed by atoms with van der Waals surface area (Å²) in [6.07, 6.45) is -0.913. The summed E-state index contributed by atoms with van der Waals surface area (Å²) in [7, 11) is 0.175. The number of sulfonamides is 1. The summed E-state index contributed by atoms with van der Waals surface area (Å²) in [6, 6.07) is 13.9. The number of aliphatic hydroxyl groups is 1. The first-order valence-corrected chi connectivity index (χ1v) is 9.28. The Hall–Kier alpha value is -1.41. The van der Waals surface area contributed by atoms with Gasteiger partial charge in [0.25, 0.3) is 0 Å². The van der Waals surface area contributed by atoms with Crippen molar-refractivity contribution in [3.8, 4) is 0 Å². The van der Waals surface area contributed by atoms with Gasteiger partial charge in [0, 0.05) is 30.8 Å². The Morgan fingerprint density at radius 3 is 2.30 bits per heavy atom. The normalized spacial score (nSPS) is 12.9. The van der Waals surface area contributed by atoms with E-state index in [1.54, 1.807) is 30.3 Å². The van der Waals surface area contributed by atoms with Gasteiger partial charge in [0.1, 0.15) is 0 Å². The summed E-state index contributed by atoms with van der Waals surface area (Å²) >= 11 is 3.22. The lowest BCUT2D eigenvalue weighted by Crippen LogP contribution is -2.28. The SMILES string of the molecule is CN(C)c1ccc(C(O)CNS(=O)(=O)c2ccccc2Br)cc1. The highest BCUT2D eigenvalue weighted by Gasteiger charge is 2.19. The molecule has 7 heteroatoms. The molecule has 2 N–H and O–H groups in total. The molecule has 0 heterocycles. The highest BCUT2D eigenvalue weighted by atomic mass is 79.9. The van der Waals surface area contributed by atoms with Crippen molar-refractivity contribution in [2.75, 3.05) is 25.5 Å². The number of halogens is 1. The van der Waals surface area contributed by atoms with Crippen molar-refractivity contribution in [1.29, 1.82) is 0 Å². The molecule has 5 nitrogen and oxygen atoms in total. The first kappa shape index (κ1) is 17.9. The van der Waals surface area contributed by atoms with Gasteiger partial charge in [-0.1, -0.05) is 24.3 Å². The van der Waals surface area contributed by atoms with Crippen LogP contribution in [0.5, 0.6) is 0 Å². The molecular formula is C16H19BrN2O3S. The maximum atomic E-state index is 12.3. The number of anilines is 1. The average Bonchev–Trinajstić information content (AvgIpc) is 2.53. The predicted molar refractivity (Wildman–Crippen MR) is 95.1 cm³/mol. The number of benzene rings is 2. The molecule has 23 heavy (non-hydrogen) atoms. The summed E-state index contributed by atoms with van der Waals surface area (Å²) in [5.41, 5.74) is 1.67. The minimum atomic E-state index is -3.68. The van der Waals surface area contributed by atoms with E-state index in [-0.39, 0.29) is 11.4 Å². The molecule has 0 bridgehead atoms. The van der Waals surface area contributed by atoms with Crippen molar-refractivity contribution >= 4 is 31.6 Å². The van der Waals surface area contributed by atoms with E-state index in [4.69, 9.17) is 0 Å². The zero-order chi connectivity index (χ0) is 17.0. The van der Waals surface area contributed by atoms with Crippen LogP contribution in [-0.2, 0) is 10.0 Å². The van der Waals surface area contributed by atoms with E-state index >= 15 is 0 Å². The van der Waals surface area contributed by atoms with Crippen LogP contribution in [0.25, 0.3) is 0 Å². The number of rotatable bonds is 6. The van der Waals surface area contributed by atoms with E-state index in [0.29, 0.717) is 10.0 Å². The standard InChI is InChI=1S/C16H19BrN2O3S/c1-19(2)13-9-7-12(8-10-13)15(20)11-18-23(21,22)16-6-4-3-5-14(16)17/h3-10,15,18,20H,11H2,1-2H3. The zero-order valence-electron chi connectivity index (χ0n) is 12.9. The van der Waals surface area contributed by atoms with E-state index in [9.17, 15) is 13.5 Å². The number of hydrogen-bond donors (Lipinski definition) is 2. The molecule has 0 radical (unpaired) electrons. The molecular weight excluding hydrogens is 380 g/mol. The van der Waals surface area contributed by atoms with E-state index in [1.807, 2.05) is 31.1 Å². The number of nitrogens with one attached hydrogen (secondary N) is 1. The lowest BCUT2D eigenvalue weighted by atomic mass is 10.1. The highest BCUT2D eigenvalue weighted by molar-refractivity contribution is 9.10. The van der Waals surface area contributed by atoms with Gasteiger partial charge in [-0.15, -0.1) is 0 Å². The summed E-state index contributed by atoms with van der Waals surface area (Å²) in [5, 5.41) is 10.2. The van der Waals surface area contributed by atoms with Crippen LogP contribution in [0.1, 0.15) is 11.7 Å². The van der Waals surface area contributed by atoms with Crippen molar-refractivity contribution < 1.29 is 13.5 Å². The lowest BCUT2D eigenvalue weighted by molar-refractivity contribution is 0.182. The van der Waals surface area contributed by atoms with Gasteiger partial charge < -0.3 is 10.0 Å². The molecule has 0 aromatic heterocycles. The van der Waals surface area contributed by atoms with Gasteiger partial charge in [-0.05, 0) is 45.8 Å². The van der Waals surface area contributed by atoms with E-state index in [0.717, 1.165) is 5.69 Å². The molecule has 0 saturated carbocycles. The topological polar surface area (TPSA) is 69.6 Å². The molecule has 0 saturated heterocycles. The molecule has 0 aliphatic carbocycles. The molecule has 1 unspecified atom stereocenters. The smallest absolute Gasteiger partial charge is 0.241 e. The van der Waals surface area contributed by atoms with Crippen molar-refractivity contribution in [1.82, 2.24) is 4.72 Å². The molecule has 0 aliphatic rings. The van der Waals surface area contributed by atoms with Gasteiger partial charge in [0.2, 0.25) is 10.0 Å². The van der Waals surface area contributed by atoms with Crippen LogP contribution in [0.15, 0.2) is 57.9 Å². The van der Waals surface area contributed by atoms with Crippen LogP contribution in [-0.4, -0.2) is 34.2 Å². The molecule has 2 aromatic rings. The maximum Gasteiger partial charge on any atom is 0.241 e. The molecule has 124 valence electrons. The van der Waals surface area contributed by atoms with Crippen molar-refractivity contribution in [2.24, 2.45) is 0 Å². The highest BCUT2D eigenvalue weighted by Crippen LogP contribution is 2.22. The van der Waals surface area contributed by atoms with Crippen LogP contribution in [0.4, 0.5) is 5.69 Å². The van der Waals surface area contributed by atoms with Crippen LogP contribution in [0, 0.1) is 0 Å². The monoisotopic (exact) mass is 398 g/mol. The number of hydrogen-bond acceptors (Lipinski definition) is 4. The van der Waals surface area contributed by atoms with Crippen LogP contribution in [0.3, 0.4) is 0 Å². The van der Waals surface area contributed by atoms with Crippen LogP contribution in [0.2, 0.25) is 0 Å². The van der Waals surface area contributed by atoms with Crippen molar-refractivity contribution in [3.05, 3.63) is 58.6 Å². The fourth-order valence-electron chi connectivity index (χ4n) is 2.04. The second-order valence-electron chi connectivity index (χ2n) is 5.28. The van der Waals surface area contributed by atoms with Crippen LogP contribution >= 0.6 is 15.9 Å². The van der Waals surface area contributed by atoms with E-state index in [1.165, 1.54) is 6.07 Å².